The van der Waals surface area contributed by atoms with E-state index in [1.54, 1.807) is 0 Å². The molecule has 6 nitrogen and oxygen atoms in total. The Morgan fingerprint density at radius 3 is 2.48 bits per heavy atom. The van der Waals surface area contributed by atoms with Crippen LogP contribution in [0.5, 0.6) is 5.75 Å². The first kappa shape index (κ1) is 19.1. The largest absolute Gasteiger partial charge is 0.495 e. The molecule has 27 heavy (non-hydrogen) atoms. The maximum Gasteiger partial charge on any atom is 0.258 e. The Morgan fingerprint density at radius 1 is 1.19 bits per heavy atom. The number of carbonyl (C=O) groups excluding carboxylic acids is 1. The van der Waals surface area contributed by atoms with E-state index in [4.69, 9.17) is 10.5 Å². The minimum Gasteiger partial charge on any atom is -0.495 e. The van der Waals surface area contributed by atoms with Gasteiger partial charge >= 0.3 is 0 Å². The van der Waals surface area contributed by atoms with Crippen molar-refractivity contribution >= 4 is 17.3 Å². The van der Waals surface area contributed by atoms with Crippen molar-refractivity contribution in [3.8, 4) is 5.75 Å². The van der Waals surface area contributed by atoms with Crippen LogP contribution in [0.2, 0.25) is 0 Å². The van der Waals surface area contributed by atoms with Crippen molar-refractivity contribution < 1.29 is 13.9 Å². The van der Waals surface area contributed by atoms with Gasteiger partial charge in [0.15, 0.2) is 0 Å². The Balaban J connectivity index is 1.63. The van der Waals surface area contributed by atoms with Crippen molar-refractivity contribution in [2.75, 3.05) is 51.4 Å². The molecule has 1 aliphatic rings. The van der Waals surface area contributed by atoms with Gasteiger partial charge in [-0.05, 0) is 30.8 Å². The Morgan fingerprint density at radius 2 is 1.85 bits per heavy atom. The fraction of sp³-hybridized carbons (Fsp3) is 0.350. The quantitative estimate of drug-likeness (QED) is 0.789. The van der Waals surface area contributed by atoms with Gasteiger partial charge in [0.05, 0.1) is 18.4 Å². The van der Waals surface area contributed by atoms with Crippen molar-refractivity contribution in [1.82, 2.24) is 9.80 Å². The summed E-state index contributed by atoms with van der Waals surface area (Å²) in [4.78, 5) is 17.1. The number of carbonyl (C=O) groups is 1. The second kappa shape index (κ2) is 8.37. The Bertz CT molecular complexity index is 802. The topological polar surface area (TPSA) is 70.8 Å². The summed E-state index contributed by atoms with van der Waals surface area (Å²) in [6.45, 7) is 5.13. The number of hydrogen-bond acceptors (Lipinski definition) is 5. The summed E-state index contributed by atoms with van der Waals surface area (Å²) >= 11 is 0. The number of ether oxygens (including phenoxy) is 1. The Kier molecular flexibility index (Phi) is 5.93. The third-order valence-corrected chi connectivity index (χ3v) is 4.78. The summed E-state index contributed by atoms with van der Waals surface area (Å²) in [6.07, 6.45) is 0. The number of likely N-dealkylation sites (N-methyl/N-ethyl adjacent to an activating group) is 1. The molecule has 0 aromatic heterocycles. The van der Waals surface area contributed by atoms with Gasteiger partial charge in [-0.25, -0.2) is 4.39 Å². The number of nitrogens with one attached hydrogen (secondary N) is 1. The van der Waals surface area contributed by atoms with Gasteiger partial charge in [0.25, 0.3) is 5.91 Å². The number of methoxy groups -OCH3 is 1. The molecule has 0 atom stereocenters. The van der Waals surface area contributed by atoms with Crippen LogP contribution in [0.3, 0.4) is 0 Å². The average molecular weight is 372 g/mol. The van der Waals surface area contributed by atoms with Crippen molar-refractivity contribution in [3.05, 3.63) is 53.3 Å². The number of anilines is 2. The lowest BCUT2D eigenvalue weighted by Crippen LogP contribution is -2.43. The van der Waals surface area contributed by atoms with Gasteiger partial charge in [0, 0.05) is 44.5 Å². The van der Waals surface area contributed by atoms with E-state index in [1.807, 2.05) is 24.3 Å². The highest BCUT2D eigenvalue weighted by Crippen LogP contribution is 2.25. The molecule has 0 aliphatic carbocycles. The normalized spacial score (nSPS) is 15.5. The number of benzene rings is 2. The van der Waals surface area contributed by atoms with Gasteiger partial charge in [-0.15, -0.1) is 0 Å². The van der Waals surface area contributed by atoms with Gasteiger partial charge in [0.1, 0.15) is 11.6 Å². The lowest BCUT2D eigenvalue weighted by molar-refractivity contribution is 0.102. The number of nitrogens with zero attached hydrogens (tertiary/aromatic N) is 2. The van der Waals surface area contributed by atoms with Gasteiger partial charge in [-0.1, -0.05) is 12.1 Å². The van der Waals surface area contributed by atoms with Crippen LogP contribution in [-0.4, -0.2) is 56.0 Å². The van der Waals surface area contributed by atoms with Crippen LogP contribution in [0, 0.1) is 5.82 Å². The predicted octanol–water partition coefficient (Wildman–Crippen LogP) is 2.42. The molecule has 1 aliphatic heterocycles. The summed E-state index contributed by atoms with van der Waals surface area (Å²) in [5, 5.41) is 2.71. The summed E-state index contributed by atoms with van der Waals surface area (Å²) < 4.78 is 19.1. The highest BCUT2D eigenvalue weighted by atomic mass is 19.1. The molecule has 3 N–H and O–H groups in total. The van der Waals surface area contributed by atoms with Gasteiger partial charge in [-0.2, -0.15) is 0 Å². The summed E-state index contributed by atoms with van der Waals surface area (Å²) in [6, 6.07) is 10.0. The van der Waals surface area contributed by atoms with Gasteiger partial charge in [-0.3, -0.25) is 9.69 Å². The zero-order valence-electron chi connectivity index (χ0n) is 15.7. The molecule has 0 bridgehead atoms. The Labute approximate surface area is 158 Å². The monoisotopic (exact) mass is 372 g/mol. The summed E-state index contributed by atoms with van der Waals surface area (Å²) in [5.74, 6) is -0.959. The number of nitrogen functional groups attached to an aromatic ring is 1. The van der Waals surface area contributed by atoms with E-state index in [2.05, 4.69) is 22.2 Å². The van der Waals surface area contributed by atoms with Gasteiger partial charge in [0.2, 0.25) is 0 Å². The first-order valence-corrected chi connectivity index (χ1v) is 8.90. The third kappa shape index (κ3) is 4.75. The molecule has 1 saturated heterocycles. The minimum atomic E-state index is -0.683. The molecule has 3 rings (SSSR count). The van der Waals surface area contributed by atoms with E-state index in [0.29, 0.717) is 5.69 Å². The van der Waals surface area contributed by atoms with Crippen LogP contribution in [0.1, 0.15) is 15.9 Å². The second-order valence-electron chi connectivity index (χ2n) is 6.80. The van der Waals surface area contributed by atoms with Crippen molar-refractivity contribution in [2.24, 2.45) is 0 Å². The van der Waals surface area contributed by atoms with Crippen LogP contribution < -0.4 is 15.8 Å². The maximum atomic E-state index is 14.1. The summed E-state index contributed by atoms with van der Waals surface area (Å²) in [7, 11) is 3.55. The number of nitrogens with two attached hydrogens (primary N) is 1. The van der Waals surface area contributed by atoms with Crippen molar-refractivity contribution in [2.45, 2.75) is 6.54 Å². The maximum absolute atomic E-state index is 14.1. The standard InChI is InChI=1S/C20H25FN4O2/c1-24-7-9-25(10-8-24)13-14-3-5-15(6-4-14)23-20(26)16-11-19(27-2)18(22)12-17(16)21/h3-6,11-12H,7-10,13,22H2,1-2H3,(H,23,26). The average Bonchev–Trinajstić information content (AvgIpc) is 2.65. The van der Waals surface area contributed by atoms with Crippen LogP contribution >= 0.6 is 0 Å². The molecule has 7 heteroatoms. The van der Waals surface area contributed by atoms with Crippen LogP contribution in [-0.2, 0) is 6.54 Å². The van der Waals surface area contributed by atoms with E-state index in [9.17, 15) is 9.18 Å². The number of piperazine rings is 1. The molecule has 1 heterocycles. The highest BCUT2D eigenvalue weighted by molar-refractivity contribution is 6.05. The molecule has 0 saturated carbocycles. The lowest BCUT2D eigenvalue weighted by atomic mass is 10.1. The number of halogens is 1. The molecule has 144 valence electrons. The van der Waals surface area contributed by atoms with Gasteiger partial charge < -0.3 is 20.7 Å². The van der Waals surface area contributed by atoms with E-state index >= 15 is 0 Å². The Hall–Kier alpha value is -2.64. The van der Waals surface area contributed by atoms with Crippen LogP contribution in [0.15, 0.2) is 36.4 Å². The molecule has 2 aromatic rings. The third-order valence-electron chi connectivity index (χ3n) is 4.78. The second-order valence-corrected chi connectivity index (χ2v) is 6.80. The first-order valence-electron chi connectivity index (χ1n) is 8.90. The van der Waals surface area contributed by atoms with Crippen molar-refractivity contribution in [1.29, 1.82) is 0 Å². The highest BCUT2D eigenvalue weighted by Gasteiger charge is 2.16. The van der Waals surface area contributed by atoms with Crippen molar-refractivity contribution in [3.63, 3.8) is 0 Å². The summed E-state index contributed by atoms with van der Waals surface area (Å²) in [5.41, 5.74) is 7.48. The molecule has 1 amide bonds. The zero-order chi connectivity index (χ0) is 19.4. The SMILES string of the molecule is COc1cc(C(=O)Nc2ccc(CN3CCN(C)CC3)cc2)c(F)cc1N. The predicted molar refractivity (Wildman–Crippen MR) is 105 cm³/mol. The van der Waals surface area contributed by atoms with Crippen LogP contribution in [0.4, 0.5) is 15.8 Å². The molecule has 0 spiro atoms. The fourth-order valence-corrected chi connectivity index (χ4v) is 3.08. The lowest BCUT2D eigenvalue weighted by Gasteiger charge is -2.32. The molecule has 2 aromatic carbocycles. The molecule has 0 radical (unpaired) electrons. The zero-order valence-corrected chi connectivity index (χ0v) is 15.7. The van der Waals surface area contributed by atoms with E-state index in [0.717, 1.165) is 38.8 Å². The molecule has 0 unspecified atom stereocenters. The van der Waals surface area contributed by atoms with E-state index in [1.165, 1.54) is 18.7 Å². The molecular weight excluding hydrogens is 347 g/mol. The first-order chi connectivity index (χ1) is 13.0. The number of amides is 1. The fourth-order valence-electron chi connectivity index (χ4n) is 3.08. The minimum absolute atomic E-state index is 0.109. The number of hydrogen-bond donors (Lipinski definition) is 2. The molecule has 1 fully saturated rings. The van der Waals surface area contributed by atoms with E-state index in [-0.39, 0.29) is 17.0 Å². The molecular formula is C20H25FN4O2. The van der Waals surface area contributed by atoms with E-state index < -0.39 is 11.7 Å². The van der Waals surface area contributed by atoms with Crippen LogP contribution in [0.25, 0.3) is 0 Å². The smallest absolute Gasteiger partial charge is 0.258 e. The number of rotatable bonds is 5.